The van der Waals surface area contributed by atoms with E-state index >= 15 is 4.39 Å². The third kappa shape index (κ3) is 4.29. The number of rotatable bonds is 7. The van der Waals surface area contributed by atoms with Crippen LogP contribution in [0.15, 0.2) is 42.9 Å². The fraction of sp³-hybridized carbons (Fsp3) is 0.286. The first-order valence-electron chi connectivity index (χ1n) is 9.16. The van der Waals surface area contributed by atoms with E-state index in [1.807, 2.05) is 20.8 Å². The minimum absolute atomic E-state index is 0.0118. The van der Waals surface area contributed by atoms with Crippen molar-refractivity contribution in [3.8, 4) is 11.5 Å². The minimum Gasteiger partial charge on any atom is -0.453 e. The summed E-state index contributed by atoms with van der Waals surface area (Å²) in [6, 6.07) is 8.29. The summed E-state index contributed by atoms with van der Waals surface area (Å²) in [6.07, 6.45) is 4.07. The average molecular weight is 403 g/mol. The minimum atomic E-state index is -0.474. The first-order chi connectivity index (χ1) is 13.4. The lowest BCUT2D eigenvalue weighted by molar-refractivity contribution is 0.408. The Morgan fingerprint density at radius 1 is 1.32 bits per heavy atom. The van der Waals surface area contributed by atoms with Gasteiger partial charge in [-0.25, -0.2) is 9.37 Å². The van der Waals surface area contributed by atoms with Crippen molar-refractivity contribution in [3.63, 3.8) is 0 Å². The molecule has 1 heterocycles. The smallest absolute Gasteiger partial charge is 0.181 e. The number of benzene rings is 2. The second kappa shape index (κ2) is 8.63. The van der Waals surface area contributed by atoms with Crippen LogP contribution in [0.25, 0.3) is 0 Å². The zero-order valence-corrected chi connectivity index (χ0v) is 16.8. The third-order valence-electron chi connectivity index (χ3n) is 4.76. The second-order valence-electron chi connectivity index (χ2n) is 6.76. The van der Waals surface area contributed by atoms with Gasteiger partial charge < -0.3 is 20.8 Å². The highest BCUT2D eigenvalue weighted by molar-refractivity contribution is 6.32. The number of aromatic amines is 1. The predicted octanol–water partition coefficient (Wildman–Crippen LogP) is 5.69. The van der Waals surface area contributed by atoms with Crippen molar-refractivity contribution in [2.45, 2.75) is 39.3 Å². The number of anilines is 1. The molecule has 0 aliphatic rings. The topological polar surface area (TPSA) is 76.0 Å². The molecule has 7 heteroatoms. The maximum absolute atomic E-state index is 15.3. The summed E-state index contributed by atoms with van der Waals surface area (Å²) < 4.78 is 21.1. The van der Waals surface area contributed by atoms with E-state index in [0.717, 1.165) is 11.3 Å². The van der Waals surface area contributed by atoms with Gasteiger partial charge in [0.2, 0.25) is 0 Å². The highest BCUT2D eigenvalue weighted by Gasteiger charge is 2.22. The van der Waals surface area contributed by atoms with Crippen LogP contribution in [0.2, 0.25) is 5.02 Å². The number of H-pyrrole nitrogens is 1. The van der Waals surface area contributed by atoms with Gasteiger partial charge in [0.25, 0.3) is 0 Å². The molecule has 0 aliphatic heterocycles. The van der Waals surface area contributed by atoms with Gasteiger partial charge in [-0.1, -0.05) is 24.6 Å². The molecule has 0 saturated heterocycles. The predicted molar refractivity (Wildman–Crippen MR) is 110 cm³/mol. The third-order valence-corrected chi connectivity index (χ3v) is 5.06. The molecular weight excluding hydrogens is 379 g/mol. The first kappa shape index (κ1) is 20.2. The number of nitrogen functional groups attached to an aromatic ring is 1. The maximum atomic E-state index is 15.3. The second-order valence-corrected chi connectivity index (χ2v) is 7.16. The van der Waals surface area contributed by atoms with Crippen LogP contribution >= 0.6 is 11.6 Å². The monoisotopic (exact) mass is 402 g/mol. The summed E-state index contributed by atoms with van der Waals surface area (Å²) in [4.78, 5) is 7.11. The SMILES string of the molecule is CC[C@@H](N[C@H](C)c1cnc[nH]1)c1ccc(Cl)c(Oc2ccc(N)c(C)c2)c1F. The largest absolute Gasteiger partial charge is 0.453 e. The van der Waals surface area contributed by atoms with Crippen LogP contribution in [-0.2, 0) is 0 Å². The number of nitrogens with zero attached hydrogens (tertiary/aromatic N) is 1. The van der Waals surface area contributed by atoms with Crippen LogP contribution < -0.4 is 15.8 Å². The summed E-state index contributed by atoms with van der Waals surface area (Å²) in [5.41, 5.74) is 8.77. The summed E-state index contributed by atoms with van der Waals surface area (Å²) in [7, 11) is 0. The van der Waals surface area contributed by atoms with Gasteiger partial charge in [-0.15, -0.1) is 0 Å². The van der Waals surface area contributed by atoms with Gasteiger partial charge in [0.1, 0.15) is 5.75 Å². The summed E-state index contributed by atoms with van der Waals surface area (Å²) in [5.74, 6) is 0.0207. The van der Waals surface area contributed by atoms with Gasteiger partial charge in [0.05, 0.1) is 17.0 Å². The van der Waals surface area contributed by atoms with Gasteiger partial charge >= 0.3 is 0 Å². The molecule has 0 saturated carbocycles. The van der Waals surface area contributed by atoms with E-state index in [9.17, 15) is 0 Å². The van der Waals surface area contributed by atoms with Crippen molar-refractivity contribution in [3.05, 3.63) is 70.5 Å². The van der Waals surface area contributed by atoms with Crippen LogP contribution in [0.5, 0.6) is 11.5 Å². The van der Waals surface area contributed by atoms with Crippen molar-refractivity contribution in [1.82, 2.24) is 15.3 Å². The normalized spacial score (nSPS) is 13.3. The van der Waals surface area contributed by atoms with Crippen molar-refractivity contribution in [2.24, 2.45) is 0 Å². The van der Waals surface area contributed by atoms with Gasteiger partial charge in [-0.3, -0.25) is 0 Å². The van der Waals surface area contributed by atoms with E-state index in [-0.39, 0.29) is 22.9 Å². The molecule has 0 aliphatic carbocycles. The summed E-state index contributed by atoms with van der Waals surface area (Å²) >= 11 is 6.23. The Kier molecular flexibility index (Phi) is 6.21. The number of hydrogen-bond donors (Lipinski definition) is 3. The Hall–Kier alpha value is -2.57. The zero-order chi connectivity index (χ0) is 20.3. The lowest BCUT2D eigenvalue weighted by Gasteiger charge is -2.23. The molecule has 3 aromatic rings. The van der Waals surface area contributed by atoms with E-state index in [4.69, 9.17) is 22.1 Å². The fourth-order valence-electron chi connectivity index (χ4n) is 3.06. The number of aromatic nitrogens is 2. The van der Waals surface area contributed by atoms with E-state index in [1.54, 1.807) is 42.9 Å². The van der Waals surface area contributed by atoms with Gasteiger partial charge in [0, 0.05) is 29.5 Å². The van der Waals surface area contributed by atoms with Crippen molar-refractivity contribution in [1.29, 1.82) is 0 Å². The number of imidazole rings is 1. The molecule has 3 rings (SSSR count). The lowest BCUT2D eigenvalue weighted by Crippen LogP contribution is -2.25. The highest BCUT2D eigenvalue weighted by atomic mass is 35.5. The molecule has 2 atom stereocenters. The molecule has 2 aromatic carbocycles. The van der Waals surface area contributed by atoms with Gasteiger partial charge in [0.15, 0.2) is 11.6 Å². The quantitative estimate of drug-likeness (QED) is 0.444. The molecule has 0 radical (unpaired) electrons. The molecular formula is C21H24ClFN4O. The summed E-state index contributed by atoms with van der Waals surface area (Å²) in [6.45, 7) is 5.86. The number of ether oxygens (including phenoxy) is 1. The van der Waals surface area contributed by atoms with Gasteiger partial charge in [-0.2, -0.15) is 0 Å². The Bertz CT molecular complexity index is 946. The number of halogens is 2. The van der Waals surface area contributed by atoms with Crippen LogP contribution in [0.4, 0.5) is 10.1 Å². The number of aryl methyl sites for hydroxylation is 1. The van der Waals surface area contributed by atoms with Crippen molar-refractivity contribution < 1.29 is 9.13 Å². The Morgan fingerprint density at radius 3 is 2.75 bits per heavy atom. The Morgan fingerprint density at radius 2 is 2.11 bits per heavy atom. The maximum Gasteiger partial charge on any atom is 0.181 e. The summed E-state index contributed by atoms with van der Waals surface area (Å²) in [5, 5.41) is 3.64. The number of nitrogens with two attached hydrogens (primary N) is 1. The van der Waals surface area contributed by atoms with E-state index in [0.29, 0.717) is 23.4 Å². The molecule has 0 bridgehead atoms. The molecule has 0 spiro atoms. The first-order valence-corrected chi connectivity index (χ1v) is 9.54. The molecule has 1 aromatic heterocycles. The van der Waals surface area contributed by atoms with Crippen LogP contribution in [0.1, 0.15) is 49.2 Å². The molecule has 0 amide bonds. The molecule has 0 unspecified atom stereocenters. The lowest BCUT2D eigenvalue weighted by atomic mass is 10.0. The highest BCUT2D eigenvalue weighted by Crippen LogP contribution is 2.37. The van der Waals surface area contributed by atoms with Crippen LogP contribution in [0, 0.1) is 12.7 Å². The van der Waals surface area contributed by atoms with Gasteiger partial charge in [-0.05, 0) is 50.1 Å². The van der Waals surface area contributed by atoms with Crippen molar-refractivity contribution in [2.75, 3.05) is 5.73 Å². The van der Waals surface area contributed by atoms with Crippen LogP contribution in [-0.4, -0.2) is 9.97 Å². The fourth-order valence-corrected chi connectivity index (χ4v) is 3.25. The molecule has 148 valence electrons. The Labute approximate surface area is 169 Å². The van der Waals surface area contributed by atoms with Crippen molar-refractivity contribution >= 4 is 17.3 Å². The molecule has 4 N–H and O–H groups in total. The number of nitrogens with one attached hydrogen (secondary N) is 2. The zero-order valence-electron chi connectivity index (χ0n) is 16.1. The van der Waals surface area contributed by atoms with E-state index in [2.05, 4.69) is 15.3 Å². The Balaban J connectivity index is 1.89. The molecule has 0 fully saturated rings. The van der Waals surface area contributed by atoms with E-state index < -0.39 is 5.82 Å². The molecule has 5 nitrogen and oxygen atoms in total. The van der Waals surface area contributed by atoms with Crippen LogP contribution in [0.3, 0.4) is 0 Å². The standard InChI is InChI=1S/C21H24ClFN4O/c1-4-18(27-13(3)19-10-25-11-26-19)15-6-7-16(22)21(20(15)23)28-14-5-8-17(24)12(2)9-14/h5-11,13,18,27H,4,24H2,1-3H3,(H,25,26)/t13-,18-/m1/s1. The molecule has 28 heavy (non-hydrogen) atoms. The number of hydrogen-bond acceptors (Lipinski definition) is 4. The average Bonchev–Trinajstić information content (AvgIpc) is 3.21. The van der Waals surface area contributed by atoms with E-state index in [1.165, 1.54) is 0 Å².